The molecule has 132 valence electrons. The molecule has 0 aliphatic carbocycles. The molecule has 1 N–H and O–H groups in total. The van der Waals surface area contributed by atoms with Crippen molar-refractivity contribution < 1.29 is 23.9 Å². The average Bonchev–Trinajstić information content (AvgIpc) is 2.55. The summed E-state index contributed by atoms with van der Waals surface area (Å²) in [7, 11) is 1.24. The molecular weight excluding hydrogens is 357 g/mol. The van der Waals surface area contributed by atoms with E-state index in [1.807, 2.05) is 13.8 Å². The number of benzene rings is 1. The zero-order chi connectivity index (χ0) is 18.3. The van der Waals surface area contributed by atoms with E-state index in [9.17, 15) is 14.4 Å². The lowest BCUT2D eigenvalue weighted by atomic mass is 9.99. The molecule has 0 fully saturated rings. The van der Waals surface area contributed by atoms with Gasteiger partial charge in [0.2, 0.25) is 0 Å². The maximum absolute atomic E-state index is 11.9. The summed E-state index contributed by atoms with van der Waals surface area (Å²) in [4.78, 5) is 35.5. The quantitative estimate of drug-likeness (QED) is 0.740. The molecule has 0 aliphatic rings. The maximum atomic E-state index is 11.9. The van der Waals surface area contributed by atoms with Gasteiger partial charge in [-0.3, -0.25) is 4.79 Å². The van der Waals surface area contributed by atoms with E-state index >= 15 is 0 Å². The van der Waals surface area contributed by atoms with Crippen LogP contribution in [0.3, 0.4) is 0 Å². The Labute approximate surface area is 150 Å². The minimum absolute atomic E-state index is 0.121. The van der Waals surface area contributed by atoms with Crippen LogP contribution in [0.5, 0.6) is 0 Å². The number of hydrogen-bond acceptors (Lipinski definition) is 5. The molecule has 0 radical (unpaired) electrons. The topological polar surface area (TPSA) is 81.7 Å². The molecule has 0 bridgehead atoms. The molecule has 1 rings (SSSR count). The summed E-state index contributed by atoms with van der Waals surface area (Å²) in [5, 5.41) is 3.06. The number of rotatable bonds is 7. The first-order valence-electron chi connectivity index (χ1n) is 7.28. The van der Waals surface area contributed by atoms with E-state index < -0.39 is 30.5 Å². The first-order valence-corrected chi connectivity index (χ1v) is 8.04. The number of esters is 2. The Hall–Kier alpha value is -1.79. The summed E-state index contributed by atoms with van der Waals surface area (Å²) in [6.45, 7) is 3.16. The lowest BCUT2D eigenvalue weighted by Crippen LogP contribution is -2.47. The molecular formula is C16H19Cl2NO5. The van der Waals surface area contributed by atoms with Gasteiger partial charge in [0.15, 0.2) is 6.61 Å². The molecule has 24 heavy (non-hydrogen) atoms. The standard InChI is InChI=1S/C16H19Cl2NO5/c1-4-9(2)14(16(22)23-3)19-13(20)8-24-15(21)10-5-11(17)7-12(18)6-10/h5-7,9,14H,4,8H2,1-3H3,(H,19,20). The second-order valence-electron chi connectivity index (χ2n) is 5.19. The van der Waals surface area contributed by atoms with Crippen molar-refractivity contribution in [1.29, 1.82) is 0 Å². The van der Waals surface area contributed by atoms with Gasteiger partial charge in [-0.2, -0.15) is 0 Å². The number of hydrogen-bond donors (Lipinski definition) is 1. The SMILES string of the molecule is CCC(C)C(NC(=O)COC(=O)c1cc(Cl)cc(Cl)c1)C(=O)OC. The Bertz CT molecular complexity index is 600. The fourth-order valence-electron chi connectivity index (χ4n) is 1.90. The summed E-state index contributed by atoms with van der Waals surface area (Å²) in [5.41, 5.74) is 0.131. The molecule has 1 aromatic carbocycles. The van der Waals surface area contributed by atoms with Gasteiger partial charge in [0.25, 0.3) is 5.91 Å². The van der Waals surface area contributed by atoms with Crippen molar-refractivity contribution in [1.82, 2.24) is 5.32 Å². The summed E-state index contributed by atoms with van der Waals surface area (Å²) >= 11 is 11.6. The normalized spacial score (nSPS) is 12.9. The molecule has 6 nitrogen and oxygen atoms in total. The summed E-state index contributed by atoms with van der Waals surface area (Å²) in [5.74, 6) is -2.02. The molecule has 0 heterocycles. The lowest BCUT2D eigenvalue weighted by molar-refractivity contribution is -0.147. The van der Waals surface area contributed by atoms with Crippen LogP contribution < -0.4 is 5.32 Å². The van der Waals surface area contributed by atoms with Gasteiger partial charge < -0.3 is 14.8 Å². The molecule has 1 amide bonds. The van der Waals surface area contributed by atoms with Gasteiger partial charge in [-0.1, -0.05) is 43.5 Å². The number of carbonyl (C=O) groups excluding carboxylic acids is 3. The van der Waals surface area contributed by atoms with Crippen LogP contribution in [0.2, 0.25) is 10.0 Å². The monoisotopic (exact) mass is 375 g/mol. The molecule has 2 atom stereocenters. The van der Waals surface area contributed by atoms with E-state index in [1.54, 1.807) is 0 Å². The van der Waals surface area contributed by atoms with Crippen molar-refractivity contribution in [2.45, 2.75) is 26.3 Å². The van der Waals surface area contributed by atoms with E-state index in [0.717, 1.165) is 0 Å². The summed E-state index contributed by atoms with van der Waals surface area (Å²) in [6.07, 6.45) is 0.668. The predicted octanol–water partition coefficient (Wildman–Crippen LogP) is 2.85. The number of methoxy groups -OCH3 is 1. The smallest absolute Gasteiger partial charge is 0.338 e. The Kier molecular flexibility index (Phi) is 8.01. The number of halogens is 2. The number of ether oxygens (including phenoxy) is 2. The van der Waals surface area contributed by atoms with Crippen molar-refractivity contribution in [3.05, 3.63) is 33.8 Å². The zero-order valence-corrected chi connectivity index (χ0v) is 15.1. The molecule has 0 saturated carbocycles. The van der Waals surface area contributed by atoms with Gasteiger partial charge in [0, 0.05) is 10.0 Å². The fraction of sp³-hybridized carbons (Fsp3) is 0.438. The second kappa shape index (κ2) is 9.49. The van der Waals surface area contributed by atoms with Crippen molar-refractivity contribution in [3.8, 4) is 0 Å². The van der Waals surface area contributed by atoms with E-state index in [1.165, 1.54) is 25.3 Å². The van der Waals surface area contributed by atoms with Crippen molar-refractivity contribution in [2.24, 2.45) is 5.92 Å². The molecule has 2 unspecified atom stereocenters. The third-order valence-corrected chi connectivity index (χ3v) is 3.85. The number of nitrogens with one attached hydrogen (secondary N) is 1. The third-order valence-electron chi connectivity index (χ3n) is 3.42. The van der Waals surface area contributed by atoms with E-state index in [-0.39, 0.29) is 21.5 Å². The Balaban J connectivity index is 2.64. The minimum Gasteiger partial charge on any atom is -0.467 e. The Morgan fingerprint density at radius 1 is 1.17 bits per heavy atom. The molecule has 8 heteroatoms. The Morgan fingerprint density at radius 2 is 1.75 bits per heavy atom. The fourth-order valence-corrected chi connectivity index (χ4v) is 2.42. The number of carbonyl (C=O) groups is 3. The van der Waals surface area contributed by atoms with Gasteiger partial charge in [0.05, 0.1) is 12.7 Å². The molecule has 1 aromatic rings. The predicted molar refractivity (Wildman–Crippen MR) is 90.1 cm³/mol. The highest BCUT2D eigenvalue weighted by atomic mass is 35.5. The largest absolute Gasteiger partial charge is 0.467 e. The molecule has 0 saturated heterocycles. The van der Waals surface area contributed by atoms with Crippen LogP contribution in [0.25, 0.3) is 0 Å². The van der Waals surface area contributed by atoms with Crippen LogP contribution in [0, 0.1) is 5.92 Å². The van der Waals surface area contributed by atoms with Crippen molar-refractivity contribution >= 4 is 41.0 Å². The highest BCUT2D eigenvalue weighted by Gasteiger charge is 2.27. The molecule has 0 aromatic heterocycles. The zero-order valence-electron chi connectivity index (χ0n) is 13.6. The molecule has 0 spiro atoms. The van der Waals surface area contributed by atoms with Crippen LogP contribution in [-0.2, 0) is 19.1 Å². The van der Waals surface area contributed by atoms with Gasteiger partial charge in [0.1, 0.15) is 6.04 Å². The van der Waals surface area contributed by atoms with Gasteiger partial charge >= 0.3 is 11.9 Å². The van der Waals surface area contributed by atoms with Crippen LogP contribution in [0.4, 0.5) is 0 Å². The minimum atomic E-state index is -0.799. The summed E-state index contributed by atoms with van der Waals surface area (Å²) in [6, 6.07) is 3.43. The van der Waals surface area contributed by atoms with Crippen LogP contribution in [0.15, 0.2) is 18.2 Å². The van der Waals surface area contributed by atoms with Crippen LogP contribution in [-0.4, -0.2) is 37.6 Å². The van der Waals surface area contributed by atoms with E-state index in [2.05, 4.69) is 10.1 Å². The van der Waals surface area contributed by atoms with Crippen molar-refractivity contribution in [2.75, 3.05) is 13.7 Å². The van der Waals surface area contributed by atoms with Crippen molar-refractivity contribution in [3.63, 3.8) is 0 Å². The Morgan fingerprint density at radius 3 is 2.25 bits per heavy atom. The molecule has 0 aliphatic heterocycles. The van der Waals surface area contributed by atoms with Crippen LogP contribution in [0.1, 0.15) is 30.6 Å². The maximum Gasteiger partial charge on any atom is 0.338 e. The summed E-state index contributed by atoms with van der Waals surface area (Å²) < 4.78 is 9.57. The van der Waals surface area contributed by atoms with Gasteiger partial charge in [-0.15, -0.1) is 0 Å². The van der Waals surface area contributed by atoms with E-state index in [0.29, 0.717) is 6.42 Å². The van der Waals surface area contributed by atoms with Gasteiger partial charge in [-0.25, -0.2) is 9.59 Å². The third kappa shape index (κ3) is 6.02. The second-order valence-corrected chi connectivity index (χ2v) is 6.06. The average molecular weight is 376 g/mol. The van der Waals surface area contributed by atoms with Crippen LogP contribution >= 0.6 is 23.2 Å². The highest BCUT2D eigenvalue weighted by Crippen LogP contribution is 2.19. The lowest BCUT2D eigenvalue weighted by Gasteiger charge is -2.21. The highest BCUT2D eigenvalue weighted by molar-refractivity contribution is 6.35. The van der Waals surface area contributed by atoms with Gasteiger partial charge in [-0.05, 0) is 24.1 Å². The van der Waals surface area contributed by atoms with E-state index in [4.69, 9.17) is 27.9 Å². The first-order chi connectivity index (χ1) is 11.3. The first kappa shape index (κ1) is 20.3. The number of amides is 1.